The van der Waals surface area contributed by atoms with Crippen molar-refractivity contribution in [3.05, 3.63) is 36.7 Å². The molecule has 0 radical (unpaired) electrons. The van der Waals surface area contributed by atoms with Gasteiger partial charge < -0.3 is 5.32 Å². The molecule has 1 aliphatic carbocycles. The third-order valence-corrected chi connectivity index (χ3v) is 3.98. The van der Waals surface area contributed by atoms with Crippen LogP contribution in [0.2, 0.25) is 0 Å². The Labute approximate surface area is 108 Å². The Morgan fingerprint density at radius 1 is 1.22 bits per heavy atom. The van der Waals surface area contributed by atoms with Gasteiger partial charge in [-0.2, -0.15) is 0 Å². The molecular weight excluding hydrogens is 220 g/mol. The van der Waals surface area contributed by atoms with Crippen molar-refractivity contribution in [2.24, 2.45) is 5.92 Å². The summed E-state index contributed by atoms with van der Waals surface area (Å²) in [4.78, 5) is 4.19. The molecular formula is C16H20N2. The van der Waals surface area contributed by atoms with Crippen molar-refractivity contribution in [2.75, 3.05) is 5.32 Å². The van der Waals surface area contributed by atoms with E-state index in [4.69, 9.17) is 0 Å². The Balaban J connectivity index is 1.86. The summed E-state index contributed by atoms with van der Waals surface area (Å²) in [6, 6.07) is 9.15. The Morgan fingerprint density at radius 3 is 3.06 bits per heavy atom. The first-order valence-electron chi connectivity index (χ1n) is 6.92. The van der Waals surface area contributed by atoms with Crippen LogP contribution in [0.5, 0.6) is 0 Å². The second kappa shape index (κ2) is 4.97. The second-order valence-electron chi connectivity index (χ2n) is 5.52. The van der Waals surface area contributed by atoms with Gasteiger partial charge in [-0.15, -0.1) is 0 Å². The molecule has 0 bridgehead atoms. The van der Waals surface area contributed by atoms with Crippen LogP contribution in [0.3, 0.4) is 0 Å². The van der Waals surface area contributed by atoms with Crippen LogP contribution in [-0.2, 0) is 0 Å². The summed E-state index contributed by atoms with van der Waals surface area (Å²) in [5, 5.41) is 6.22. The molecule has 1 aliphatic rings. The van der Waals surface area contributed by atoms with Crippen LogP contribution in [0.1, 0.15) is 32.6 Å². The number of anilines is 1. The van der Waals surface area contributed by atoms with E-state index in [2.05, 4.69) is 41.5 Å². The highest BCUT2D eigenvalue weighted by molar-refractivity contribution is 5.93. The van der Waals surface area contributed by atoms with Gasteiger partial charge in [0.25, 0.3) is 0 Å². The van der Waals surface area contributed by atoms with Gasteiger partial charge in [-0.3, -0.25) is 4.98 Å². The third-order valence-electron chi connectivity index (χ3n) is 3.98. The van der Waals surface area contributed by atoms with Gasteiger partial charge in [-0.1, -0.05) is 31.9 Å². The summed E-state index contributed by atoms with van der Waals surface area (Å²) in [6.07, 6.45) is 9.14. The van der Waals surface area contributed by atoms with E-state index in [1.165, 1.54) is 42.1 Å². The first-order valence-corrected chi connectivity index (χ1v) is 6.92. The lowest BCUT2D eigenvalue weighted by molar-refractivity contribution is 0.359. The van der Waals surface area contributed by atoms with E-state index in [9.17, 15) is 0 Å². The van der Waals surface area contributed by atoms with Crippen LogP contribution in [-0.4, -0.2) is 11.0 Å². The minimum atomic E-state index is 0.632. The van der Waals surface area contributed by atoms with Crippen LogP contribution in [0.25, 0.3) is 10.8 Å². The van der Waals surface area contributed by atoms with E-state index in [0.29, 0.717) is 6.04 Å². The van der Waals surface area contributed by atoms with Gasteiger partial charge in [0.05, 0.1) is 0 Å². The zero-order valence-corrected chi connectivity index (χ0v) is 10.9. The van der Waals surface area contributed by atoms with Crippen molar-refractivity contribution in [2.45, 2.75) is 38.6 Å². The van der Waals surface area contributed by atoms with E-state index in [1.807, 2.05) is 12.4 Å². The van der Waals surface area contributed by atoms with Gasteiger partial charge in [0, 0.05) is 34.9 Å². The minimum Gasteiger partial charge on any atom is -0.382 e. The fraction of sp³-hybridized carbons (Fsp3) is 0.438. The van der Waals surface area contributed by atoms with Crippen LogP contribution in [0.4, 0.5) is 5.69 Å². The number of nitrogens with one attached hydrogen (secondary N) is 1. The van der Waals surface area contributed by atoms with E-state index in [0.717, 1.165) is 5.92 Å². The molecule has 1 aromatic carbocycles. The summed E-state index contributed by atoms with van der Waals surface area (Å²) in [7, 11) is 0. The number of hydrogen-bond acceptors (Lipinski definition) is 2. The molecule has 1 saturated carbocycles. The molecule has 1 N–H and O–H groups in total. The molecule has 2 atom stereocenters. The highest BCUT2D eigenvalue weighted by atomic mass is 14.9. The van der Waals surface area contributed by atoms with Crippen LogP contribution in [0, 0.1) is 5.92 Å². The first-order chi connectivity index (χ1) is 8.83. The maximum Gasteiger partial charge on any atom is 0.0423 e. The quantitative estimate of drug-likeness (QED) is 0.850. The standard InChI is InChI=1S/C16H20N2/c1-12-4-2-6-14(10-12)18-16-7-3-5-13-11-17-9-8-15(13)16/h3,5,7-9,11-12,14,18H,2,4,6,10H2,1H3. The molecule has 1 aromatic heterocycles. The second-order valence-corrected chi connectivity index (χ2v) is 5.52. The van der Waals surface area contributed by atoms with Gasteiger partial charge in [0.1, 0.15) is 0 Å². The third kappa shape index (κ3) is 2.33. The SMILES string of the molecule is CC1CCCC(Nc2cccc3cnccc23)C1. The monoisotopic (exact) mass is 240 g/mol. The number of pyridine rings is 1. The zero-order chi connectivity index (χ0) is 12.4. The molecule has 2 nitrogen and oxygen atoms in total. The van der Waals surface area contributed by atoms with Gasteiger partial charge in [0.2, 0.25) is 0 Å². The average molecular weight is 240 g/mol. The summed E-state index contributed by atoms with van der Waals surface area (Å²) >= 11 is 0. The molecule has 0 saturated heterocycles. The summed E-state index contributed by atoms with van der Waals surface area (Å²) in [5.74, 6) is 0.855. The molecule has 2 aromatic rings. The van der Waals surface area contributed by atoms with E-state index < -0.39 is 0 Å². The van der Waals surface area contributed by atoms with Crippen molar-refractivity contribution in [3.8, 4) is 0 Å². The van der Waals surface area contributed by atoms with Crippen LogP contribution < -0.4 is 5.32 Å². The molecule has 2 heteroatoms. The lowest BCUT2D eigenvalue weighted by Crippen LogP contribution is -2.26. The predicted molar refractivity (Wildman–Crippen MR) is 76.8 cm³/mol. The number of rotatable bonds is 2. The fourth-order valence-electron chi connectivity index (χ4n) is 3.03. The smallest absolute Gasteiger partial charge is 0.0423 e. The maximum atomic E-state index is 4.19. The number of aromatic nitrogens is 1. The predicted octanol–water partition coefficient (Wildman–Crippen LogP) is 4.23. The van der Waals surface area contributed by atoms with Crippen molar-refractivity contribution in [1.29, 1.82) is 0 Å². The Bertz CT molecular complexity index is 530. The lowest BCUT2D eigenvalue weighted by Gasteiger charge is -2.28. The van der Waals surface area contributed by atoms with Crippen LogP contribution in [0.15, 0.2) is 36.7 Å². The number of hydrogen-bond donors (Lipinski definition) is 1. The van der Waals surface area contributed by atoms with Crippen molar-refractivity contribution < 1.29 is 0 Å². The Hall–Kier alpha value is -1.57. The van der Waals surface area contributed by atoms with Gasteiger partial charge >= 0.3 is 0 Å². The Kier molecular flexibility index (Phi) is 3.18. The molecule has 1 heterocycles. The normalized spacial score (nSPS) is 24.1. The van der Waals surface area contributed by atoms with Crippen LogP contribution >= 0.6 is 0 Å². The molecule has 94 valence electrons. The van der Waals surface area contributed by atoms with Gasteiger partial charge in [-0.25, -0.2) is 0 Å². The van der Waals surface area contributed by atoms with Crippen molar-refractivity contribution in [3.63, 3.8) is 0 Å². The lowest BCUT2D eigenvalue weighted by atomic mass is 9.87. The molecule has 0 amide bonds. The molecule has 1 fully saturated rings. The fourth-order valence-corrected chi connectivity index (χ4v) is 3.03. The maximum absolute atomic E-state index is 4.19. The number of fused-ring (bicyclic) bond motifs is 1. The highest BCUT2D eigenvalue weighted by Crippen LogP contribution is 2.29. The van der Waals surface area contributed by atoms with Gasteiger partial charge in [0.15, 0.2) is 0 Å². The highest BCUT2D eigenvalue weighted by Gasteiger charge is 2.18. The number of benzene rings is 1. The van der Waals surface area contributed by atoms with E-state index in [-0.39, 0.29) is 0 Å². The summed E-state index contributed by atoms with van der Waals surface area (Å²) in [5.41, 5.74) is 1.26. The topological polar surface area (TPSA) is 24.9 Å². The van der Waals surface area contributed by atoms with E-state index in [1.54, 1.807) is 0 Å². The first kappa shape index (κ1) is 11.5. The van der Waals surface area contributed by atoms with Gasteiger partial charge in [-0.05, 0) is 30.9 Å². The number of nitrogens with zero attached hydrogens (tertiary/aromatic N) is 1. The zero-order valence-electron chi connectivity index (χ0n) is 10.9. The van der Waals surface area contributed by atoms with Crippen molar-refractivity contribution in [1.82, 2.24) is 4.98 Å². The Morgan fingerprint density at radius 2 is 2.17 bits per heavy atom. The molecule has 0 aliphatic heterocycles. The molecule has 18 heavy (non-hydrogen) atoms. The average Bonchev–Trinajstić information content (AvgIpc) is 2.39. The molecule has 0 spiro atoms. The summed E-state index contributed by atoms with van der Waals surface area (Å²) in [6.45, 7) is 2.36. The molecule has 2 unspecified atom stereocenters. The largest absolute Gasteiger partial charge is 0.382 e. The van der Waals surface area contributed by atoms with Crippen molar-refractivity contribution >= 4 is 16.5 Å². The summed E-state index contributed by atoms with van der Waals surface area (Å²) < 4.78 is 0. The molecule has 3 rings (SSSR count). The van der Waals surface area contributed by atoms with E-state index >= 15 is 0 Å². The minimum absolute atomic E-state index is 0.632.